The van der Waals surface area contributed by atoms with Crippen molar-refractivity contribution in [3.63, 3.8) is 0 Å². The lowest BCUT2D eigenvalue weighted by molar-refractivity contribution is -0.264. The third kappa shape index (κ3) is 4.53. The molecule has 0 aromatic heterocycles. The van der Waals surface area contributed by atoms with E-state index in [-0.39, 0.29) is 23.3 Å². The van der Waals surface area contributed by atoms with Gasteiger partial charge in [0.05, 0.1) is 25.6 Å². The van der Waals surface area contributed by atoms with Gasteiger partial charge in [-0.15, -0.1) is 0 Å². The number of methoxy groups -OCH3 is 1. The van der Waals surface area contributed by atoms with E-state index in [1.807, 2.05) is 6.08 Å². The summed E-state index contributed by atoms with van der Waals surface area (Å²) in [7, 11) is 1.21. The third-order valence-corrected chi connectivity index (χ3v) is 5.62. The van der Waals surface area contributed by atoms with Crippen molar-refractivity contribution in [2.24, 2.45) is 11.0 Å². The normalized spacial score (nSPS) is 22.4. The van der Waals surface area contributed by atoms with Crippen LogP contribution < -0.4 is 15.5 Å². The molecule has 1 heterocycles. The lowest BCUT2D eigenvalue weighted by atomic mass is 9.74. The number of aliphatic hydroxyl groups is 1. The Morgan fingerprint density at radius 1 is 1.19 bits per heavy atom. The van der Waals surface area contributed by atoms with Gasteiger partial charge in [0, 0.05) is 23.5 Å². The smallest absolute Gasteiger partial charge is 0.418 e. The first-order valence-corrected chi connectivity index (χ1v) is 9.61. The van der Waals surface area contributed by atoms with Gasteiger partial charge in [-0.2, -0.15) is 18.3 Å². The van der Waals surface area contributed by atoms with Crippen molar-refractivity contribution in [2.75, 3.05) is 13.7 Å². The number of rotatable bonds is 7. The zero-order valence-electron chi connectivity index (χ0n) is 17.2. The fourth-order valence-electron chi connectivity index (χ4n) is 3.95. The van der Waals surface area contributed by atoms with Crippen molar-refractivity contribution in [1.29, 1.82) is 0 Å². The second-order valence-electron chi connectivity index (χ2n) is 8.38. The minimum atomic E-state index is -4.99. The maximum absolute atomic E-state index is 14.0. The number of halogens is 5. The molecule has 0 radical (unpaired) electrons. The fraction of sp³-hybridized carbons (Fsp3) is 0.476. The Morgan fingerprint density at radius 2 is 1.87 bits per heavy atom. The molecule has 0 amide bonds. The largest absolute Gasteiger partial charge is 0.496 e. The molecule has 3 N–H and O–H groups in total. The summed E-state index contributed by atoms with van der Waals surface area (Å²) in [5.74, 6) is -2.77. The molecule has 0 spiro atoms. The number of fused-ring (bicyclic) bond motifs is 1. The van der Waals surface area contributed by atoms with Gasteiger partial charge in [-0.3, -0.25) is 0 Å². The van der Waals surface area contributed by atoms with Gasteiger partial charge in [0.25, 0.3) is 0 Å². The van der Waals surface area contributed by atoms with E-state index >= 15 is 0 Å². The van der Waals surface area contributed by atoms with E-state index in [0.29, 0.717) is 5.70 Å². The summed E-state index contributed by atoms with van der Waals surface area (Å²) in [4.78, 5) is 0. The summed E-state index contributed by atoms with van der Waals surface area (Å²) in [6, 6.07) is 1.41. The van der Waals surface area contributed by atoms with Crippen molar-refractivity contribution in [3.8, 4) is 5.75 Å². The molecule has 3 atom stereocenters. The number of alkyl halides is 3. The number of hydrazone groups is 1. The maximum atomic E-state index is 14.0. The van der Waals surface area contributed by atoms with Gasteiger partial charge in [-0.05, 0) is 24.0 Å². The molecule has 3 unspecified atom stereocenters. The maximum Gasteiger partial charge on any atom is 0.418 e. The Balaban J connectivity index is 1.87. The summed E-state index contributed by atoms with van der Waals surface area (Å²) in [5, 5.41) is 17.4. The summed E-state index contributed by atoms with van der Waals surface area (Å²) in [5.41, 5.74) is -1.24. The van der Waals surface area contributed by atoms with E-state index in [2.05, 4.69) is 15.8 Å². The minimum Gasteiger partial charge on any atom is -0.496 e. The number of nitrogens with zero attached hydrogens (tertiary/aromatic N) is 1. The molecule has 0 bridgehead atoms. The Kier molecular flexibility index (Phi) is 6.05. The number of allylic oxidation sites excluding steroid dienone is 2. The highest BCUT2D eigenvalue weighted by Crippen LogP contribution is 2.44. The zero-order valence-corrected chi connectivity index (χ0v) is 17.2. The van der Waals surface area contributed by atoms with Gasteiger partial charge >= 0.3 is 6.18 Å². The molecule has 3 rings (SSSR count). The van der Waals surface area contributed by atoms with Crippen LogP contribution >= 0.6 is 0 Å². The molecule has 1 aromatic carbocycles. The number of nitrogens with one attached hydrogen (secondary N) is 2. The molecule has 1 aliphatic heterocycles. The second kappa shape index (κ2) is 8.14. The van der Waals surface area contributed by atoms with Gasteiger partial charge in [-0.25, -0.2) is 8.78 Å². The average Bonchev–Trinajstić information content (AvgIpc) is 3.16. The van der Waals surface area contributed by atoms with Gasteiger partial charge in [0.1, 0.15) is 5.75 Å². The van der Waals surface area contributed by atoms with Crippen LogP contribution in [0, 0.1) is 17.6 Å². The van der Waals surface area contributed by atoms with Crippen LogP contribution in [0.25, 0.3) is 0 Å². The first-order valence-electron chi connectivity index (χ1n) is 9.61. The lowest BCUT2D eigenvalue weighted by Crippen LogP contribution is -2.55. The molecule has 1 aliphatic carbocycles. The fourth-order valence-corrected chi connectivity index (χ4v) is 3.95. The molecule has 10 heteroatoms. The molecule has 2 aliphatic rings. The lowest BCUT2D eigenvalue weighted by Gasteiger charge is -2.39. The summed E-state index contributed by atoms with van der Waals surface area (Å²) < 4.78 is 74.4. The topological polar surface area (TPSA) is 65.9 Å². The van der Waals surface area contributed by atoms with E-state index < -0.39 is 41.8 Å². The SMILES string of the molecule is COc1cc(F)c(F)cc1C(C)(C)CC(O)(CNC1=CC=CC2NN=CC12)C(F)(F)F. The third-order valence-electron chi connectivity index (χ3n) is 5.62. The highest BCUT2D eigenvalue weighted by atomic mass is 19.4. The first-order chi connectivity index (χ1) is 14.4. The molecule has 31 heavy (non-hydrogen) atoms. The van der Waals surface area contributed by atoms with Crippen LogP contribution in [0.3, 0.4) is 0 Å². The average molecular weight is 445 g/mol. The molecule has 0 saturated heterocycles. The zero-order chi connectivity index (χ0) is 23.0. The van der Waals surface area contributed by atoms with Crippen molar-refractivity contribution >= 4 is 6.21 Å². The van der Waals surface area contributed by atoms with E-state index in [4.69, 9.17) is 4.74 Å². The monoisotopic (exact) mass is 445 g/mol. The molecular weight excluding hydrogens is 421 g/mol. The van der Waals surface area contributed by atoms with Crippen molar-refractivity contribution < 1.29 is 31.8 Å². The van der Waals surface area contributed by atoms with E-state index in [1.54, 1.807) is 18.4 Å². The van der Waals surface area contributed by atoms with E-state index in [9.17, 15) is 27.1 Å². The highest BCUT2D eigenvalue weighted by Gasteiger charge is 2.56. The molecule has 5 nitrogen and oxygen atoms in total. The van der Waals surface area contributed by atoms with Crippen LogP contribution in [0.4, 0.5) is 22.0 Å². The standard InChI is InChI=1S/C21H24F5N3O2/c1-19(2,13-7-14(22)15(23)8-18(13)31-3)10-20(30,21(24,25)26)11-27-16-5-4-6-17-12(16)9-28-29-17/h4-9,12,17,27,29-30H,10-11H2,1-3H3. The highest BCUT2D eigenvalue weighted by molar-refractivity contribution is 5.69. The Bertz CT molecular complexity index is 926. The molecule has 0 saturated carbocycles. The number of hydrogen-bond acceptors (Lipinski definition) is 5. The first kappa shape index (κ1) is 23.1. The minimum absolute atomic E-state index is 0.0172. The van der Waals surface area contributed by atoms with Crippen LogP contribution in [0.15, 0.2) is 41.2 Å². The molecule has 0 fully saturated rings. The van der Waals surface area contributed by atoms with Gasteiger partial charge < -0.3 is 20.6 Å². The van der Waals surface area contributed by atoms with Gasteiger partial charge in [0.2, 0.25) is 0 Å². The summed E-state index contributed by atoms with van der Waals surface area (Å²) >= 11 is 0. The van der Waals surface area contributed by atoms with Crippen LogP contribution in [-0.2, 0) is 5.41 Å². The predicted octanol–water partition coefficient (Wildman–Crippen LogP) is 3.55. The Morgan fingerprint density at radius 3 is 2.52 bits per heavy atom. The number of benzene rings is 1. The Hall–Kier alpha value is -2.62. The quantitative estimate of drug-likeness (QED) is 0.562. The molecule has 1 aromatic rings. The van der Waals surface area contributed by atoms with Crippen LogP contribution in [0.2, 0.25) is 0 Å². The van der Waals surface area contributed by atoms with Gasteiger partial charge in [-0.1, -0.05) is 26.0 Å². The van der Waals surface area contributed by atoms with Crippen molar-refractivity contribution in [1.82, 2.24) is 10.7 Å². The second-order valence-corrected chi connectivity index (χ2v) is 8.38. The summed E-state index contributed by atoms with van der Waals surface area (Å²) in [6.07, 6.45) is 0.915. The number of ether oxygens (including phenoxy) is 1. The van der Waals surface area contributed by atoms with E-state index in [0.717, 1.165) is 12.1 Å². The predicted molar refractivity (Wildman–Crippen MR) is 106 cm³/mol. The van der Waals surface area contributed by atoms with Crippen LogP contribution in [0.5, 0.6) is 5.75 Å². The Labute approximate surface area is 176 Å². The van der Waals surface area contributed by atoms with Crippen molar-refractivity contribution in [3.05, 3.63) is 53.3 Å². The summed E-state index contributed by atoms with van der Waals surface area (Å²) in [6.45, 7) is 1.98. The molecule has 170 valence electrons. The van der Waals surface area contributed by atoms with Crippen molar-refractivity contribution in [2.45, 2.75) is 43.5 Å². The van der Waals surface area contributed by atoms with Crippen LogP contribution in [0.1, 0.15) is 25.8 Å². The van der Waals surface area contributed by atoms with Gasteiger partial charge in [0.15, 0.2) is 17.2 Å². The van der Waals surface area contributed by atoms with Crippen LogP contribution in [-0.4, -0.2) is 42.8 Å². The number of hydrogen-bond donors (Lipinski definition) is 3. The van der Waals surface area contributed by atoms with E-state index in [1.165, 1.54) is 21.0 Å². The molecular formula is C21H24F5N3O2.